The molecule has 0 bridgehead atoms. The Bertz CT molecular complexity index is 920. The maximum absolute atomic E-state index is 12.0. The molecule has 3 rings (SSSR count). The van der Waals surface area contributed by atoms with Gasteiger partial charge in [-0.25, -0.2) is 0 Å². The van der Waals surface area contributed by atoms with Crippen molar-refractivity contribution in [3.8, 4) is 5.75 Å². The first-order valence-corrected chi connectivity index (χ1v) is 8.24. The van der Waals surface area contributed by atoms with Crippen molar-refractivity contribution >= 4 is 28.3 Å². The van der Waals surface area contributed by atoms with E-state index in [4.69, 9.17) is 4.74 Å². The minimum absolute atomic E-state index is 0.0266. The average molecular weight is 352 g/mol. The number of carbonyl (C=O) groups is 2. The fourth-order valence-corrected chi connectivity index (χ4v) is 2.54. The number of carboxylic acid groups (broad SMARTS) is 1. The van der Waals surface area contributed by atoms with Gasteiger partial charge in [0.2, 0.25) is 0 Å². The van der Waals surface area contributed by atoms with Crippen molar-refractivity contribution in [2.75, 3.05) is 11.9 Å². The van der Waals surface area contributed by atoms with Crippen LogP contribution in [0.5, 0.6) is 5.75 Å². The van der Waals surface area contributed by atoms with E-state index in [0.29, 0.717) is 24.4 Å². The van der Waals surface area contributed by atoms with E-state index in [-0.39, 0.29) is 18.9 Å². The number of aryl methyl sites for hydroxylation is 1. The maximum Gasteiger partial charge on any atom is 0.262 e. The monoisotopic (exact) mass is 352 g/mol. The summed E-state index contributed by atoms with van der Waals surface area (Å²) in [6.07, 6.45) is 3.54. The Labute approximate surface area is 150 Å². The topological polar surface area (TPSA) is 96.3 Å². The van der Waals surface area contributed by atoms with Crippen LogP contribution in [0.15, 0.2) is 54.9 Å². The molecular weight excluding hydrogens is 334 g/mol. The number of aromatic nitrogens is 2. The molecule has 134 valence electrons. The van der Waals surface area contributed by atoms with Crippen LogP contribution in [0.2, 0.25) is 0 Å². The Morgan fingerprint density at radius 2 is 1.96 bits per heavy atom. The first-order valence-electron chi connectivity index (χ1n) is 8.24. The van der Waals surface area contributed by atoms with E-state index in [9.17, 15) is 14.7 Å². The Balaban J connectivity index is 1.49. The third-order valence-corrected chi connectivity index (χ3v) is 3.78. The molecule has 3 aromatic rings. The molecule has 7 heteroatoms. The fraction of sp³-hybridized carbons (Fsp3) is 0.211. The number of amides is 1. The second-order valence-electron chi connectivity index (χ2n) is 5.81. The van der Waals surface area contributed by atoms with Gasteiger partial charge in [0.25, 0.3) is 5.91 Å². The van der Waals surface area contributed by atoms with E-state index < -0.39 is 5.97 Å². The minimum Gasteiger partial charge on any atom is -0.550 e. The maximum atomic E-state index is 12.0. The second-order valence-corrected chi connectivity index (χ2v) is 5.81. The van der Waals surface area contributed by atoms with Gasteiger partial charge < -0.3 is 20.0 Å². The number of benzene rings is 2. The number of nitrogens with zero attached hydrogens (tertiary/aromatic N) is 2. The Morgan fingerprint density at radius 3 is 2.77 bits per heavy atom. The number of aliphatic carboxylic acids is 1. The molecule has 0 radical (unpaired) electrons. The summed E-state index contributed by atoms with van der Waals surface area (Å²) in [6.45, 7) is 0.325. The normalized spacial score (nSPS) is 10.6. The number of carboxylic acids is 1. The Kier molecular flexibility index (Phi) is 5.48. The molecule has 0 saturated heterocycles. The van der Waals surface area contributed by atoms with Gasteiger partial charge in [0.15, 0.2) is 6.61 Å². The molecule has 7 nitrogen and oxygen atoms in total. The van der Waals surface area contributed by atoms with Crippen LogP contribution in [0, 0.1) is 0 Å². The number of hydrogen-bond acceptors (Lipinski definition) is 5. The van der Waals surface area contributed by atoms with Crippen LogP contribution in [-0.4, -0.2) is 28.3 Å². The summed E-state index contributed by atoms with van der Waals surface area (Å²) in [7, 11) is 0. The summed E-state index contributed by atoms with van der Waals surface area (Å²) in [5.74, 6) is -0.763. The van der Waals surface area contributed by atoms with Gasteiger partial charge in [-0.2, -0.15) is 5.10 Å². The van der Waals surface area contributed by atoms with Crippen molar-refractivity contribution in [3.05, 3.63) is 54.9 Å². The highest BCUT2D eigenvalue weighted by Crippen LogP contribution is 2.20. The summed E-state index contributed by atoms with van der Waals surface area (Å²) >= 11 is 0. The van der Waals surface area contributed by atoms with Crippen molar-refractivity contribution in [1.29, 1.82) is 0 Å². The van der Waals surface area contributed by atoms with Gasteiger partial charge in [-0.1, -0.05) is 30.3 Å². The Morgan fingerprint density at radius 1 is 1.15 bits per heavy atom. The molecule has 1 aromatic heterocycles. The number of ether oxygens (including phenoxy) is 1. The molecule has 1 amide bonds. The molecule has 0 unspecified atom stereocenters. The molecule has 0 aliphatic rings. The largest absolute Gasteiger partial charge is 0.550 e. The highest BCUT2D eigenvalue weighted by atomic mass is 16.5. The van der Waals surface area contributed by atoms with E-state index in [1.165, 1.54) is 6.20 Å². The Hall–Kier alpha value is -3.35. The molecule has 1 heterocycles. The molecule has 0 fully saturated rings. The summed E-state index contributed by atoms with van der Waals surface area (Å²) in [4.78, 5) is 22.4. The van der Waals surface area contributed by atoms with Crippen molar-refractivity contribution in [1.82, 2.24) is 9.78 Å². The number of nitrogens with one attached hydrogen (secondary N) is 1. The second kappa shape index (κ2) is 8.15. The lowest BCUT2D eigenvalue weighted by Gasteiger charge is -2.07. The van der Waals surface area contributed by atoms with Gasteiger partial charge in [0.1, 0.15) is 5.75 Å². The zero-order valence-corrected chi connectivity index (χ0v) is 14.1. The van der Waals surface area contributed by atoms with E-state index in [2.05, 4.69) is 10.4 Å². The minimum atomic E-state index is -1.09. The zero-order chi connectivity index (χ0) is 18.4. The van der Waals surface area contributed by atoms with E-state index >= 15 is 0 Å². The van der Waals surface area contributed by atoms with E-state index in [1.54, 1.807) is 10.9 Å². The van der Waals surface area contributed by atoms with Crippen LogP contribution >= 0.6 is 0 Å². The summed E-state index contributed by atoms with van der Waals surface area (Å²) in [5.41, 5.74) is 0.533. The number of hydrogen-bond donors (Lipinski definition) is 1. The van der Waals surface area contributed by atoms with E-state index in [1.807, 2.05) is 42.5 Å². The molecule has 2 aromatic carbocycles. The standard InChI is InChI=1S/C19H19N3O4/c23-18(21-16-11-20-22(12-16)9-3-6-19(24)25)13-26-17-8-7-14-4-1-2-5-15(14)10-17/h1-2,4-5,7-8,10-12H,3,6,9,13H2,(H,21,23)(H,24,25)/p-1. The van der Waals surface area contributed by atoms with Crippen molar-refractivity contribution in [3.63, 3.8) is 0 Å². The first kappa shape index (κ1) is 17.5. The highest BCUT2D eigenvalue weighted by Gasteiger charge is 2.06. The van der Waals surface area contributed by atoms with Gasteiger partial charge in [-0.15, -0.1) is 0 Å². The summed E-state index contributed by atoms with van der Waals surface area (Å²) in [6, 6.07) is 13.6. The van der Waals surface area contributed by atoms with Gasteiger partial charge in [0.05, 0.1) is 11.9 Å². The van der Waals surface area contributed by atoms with Crippen molar-refractivity contribution in [2.45, 2.75) is 19.4 Å². The van der Waals surface area contributed by atoms with Crippen molar-refractivity contribution in [2.24, 2.45) is 0 Å². The smallest absolute Gasteiger partial charge is 0.262 e. The van der Waals surface area contributed by atoms with Crippen LogP contribution in [0.3, 0.4) is 0 Å². The number of rotatable bonds is 8. The third kappa shape index (κ3) is 4.83. The fourth-order valence-electron chi connectivity index (χ4n) is 2.54. The van der Waals surface area contributed by atoms with Crippen LogP contribution in [0.25, 0.3) is 10.8 Å². The molecular formula is C19H18N3O4-. The molecule has 0 aliphatic carbocycles. The van der Waals surface area contributed by atoms with Gasteiger partial charge >= 0.3 is 0 Å². The molecule has 1 N–H and O–H groups in total. The molecule has 0 saturated carbocycles. The van der Waals surface area contributed by atoms with Gasteiger partial charge in [-0.3, -0.25) is 9.48 Å². The molecule has 26 heavy (non-hydrogen) atoms. The number of fused-ring (bicyclic) bond motifs is 1. The highest BCUT2D eigenvalue weighted by molar-refractivity contribution is 5.91. The van der Waals surface area contributed by atoms with Crippen molar-refractivity contribution < 1.29 is 19.4 Å². The lowest BCUT2D eigenvalue weighted by atomic mass is 10.1. The lowest BCUT2D eigenvalue weighted by Crippen LogP contribution is -2.22. The predicted octanol–water partition coefficient (Wildman–Crippen LogP) is 1.58. The lowest BCUT2D eigenvalue weighted by molar-refractivity contribution is -0.305. The molecule has 0 atom stereocenters. The first-order chi connectivity index (χ1) is 12.6. The van der Waals surface area contributed by atoms with Crippen LogP contribution in [0.4, 0.5) is 5.69 Å². The van der Waals surface area contributed by atoms with Crippen LogP contribution < -0.4 is 15.2 Å². The summed E-state index contributed by atoms with van der Waals surface area (Å²) < 4.78 is 7.11. The molecule has 0 spiro atoms. The van der Waals surface area contributed by atoms with Crippen LogP contribution in [-0.2, 0) is 16.1 Å². The predicted molar refractivity (Wildman–Crippen MR) is 94.5 cm³/mol. The molecule has 0 aliphatic heterocycles. The number of anilines is 1. The van der Waals surface area contributed by atoms with E-state index in [0.717, 1.165) is 10.8 Å². The SMILES string of the molecule is O=C([O-])CCCn1cc(NC(=O)COc2ccc3ccccc3c2)cn1. The van der Waals surface area contributed by atoms with Gasteiger partial charge in [-0.05, 0) is 35.7 Å². The van der Waals surface area contributed by atoms with Gasteiger partial charge in [0, 0.05) is 18.7 Å². The van der Waals surface area contributed by atoms with Crippen LogP contribution in [0.1, 0.15) is 12.8 Å². The third-order valence-electron chi connectivity index (χ3n) is 3.78. The quantitative estimate of drug-likeness (QED) is 0.664. The number of carbonyl (C=O) groups excluding carboxylic acids is 2. The average Bonchev–Trinajstić information content (AvgIpc) is 3.06. The summed E-state index contributed by atoms with van der Waals surface area (Å²) in [5, 5.41) is 19.3. The zero-order valence-electron chi connectivity index (χ0n) is 14.1.